The number of likely N-dealkylation sites (N-methyl/N-ethyl adjacent to an activating group) is 1. The quantitative estimate of drug-likeness (QED) is 0.517. The largest absolute Gasteiger partial charge is 0.400 e. The van der Waals surface area contributed by atoms with Crippen molar-refractivity contribution in [2.24, 2.45) is 29.6 Å². The molecule has 24 heavy (non-hydrogen) atoms. The molecule has 3 N–H and O–H groups in total. The van der Waals surface area contributed by atoms with E-state index >= 15 is 0 Å². The molecule has 0 aromatic rings. The molecule has 5 heteroatoms. The standard InChI is InChI=1S/C10H20.C7H17NO2.CH4O.CH3.Ti/c1-6-7(2)9(4)10(5)8(6)3;1-7(2,10)6-8(3)4-5-9;1-2;;/h6-10H,1-5H3;9-10H,4-6H2,1-3H3;2H,1H3;1H3;/q;;;-1;. The van der Waals surface area contributed by atoms with E-state index in [2.05, 4.69) is 34.6 Å². The van der Waals surface area contributed by atoms with Crippen LogP contribution in [0.2, 0.25) is 0 Å². The Hall–Kier alpha value is 0.554. The number of hydrogen-bond acceptors (Lipinski definition) is 4. The van der Waals surface area contributed by atoms with E-state index in [0.717, 1.165) is 36.7 Å². The maximum absolute atomic E-state index is 9.29. The molecule has 0 radical (unpaired) electrons. The molecule has 1 aliphatic carbocycles. The van der Waals surface area contributed by atoms with Gasteiger partial charge in [0.15, 0.2) is 0 Å². The van der Waals surface area contributed by atoms with E-state index in [1.165, 1.54) is 0 Å². The summed E-state index contributed by atoms with van der Waals surface area (Å²) in [7, 11) is 2.87. The molecule has 0 amide bonds. The Morgan fingerprint density at radius 1 is 0.833 bits per heavy atom. The first kappa shape index (κ1) is 32.2. The molecule has 0 bridgehead atoms. The van der Waals surface area contributed by atoms with E-state index < -0.39 is 5.60 Å². The van der Waals surface area contributed by atoms with Gasteiger partial charge in [-0.15, -0.1) is 0 Å². The Labute approximate surface area is 166 Å². The maximum atomic E-state index is 9.29. The minimum atomic E-state index is -0.663. The van der Waals surface area contributed by atoms with Crippen LogP contribution in [0.5, 0.6) is 0 Å². The molecule has 1 fully saturated rings. The van der Waals surface area contributed by atoms with Gasteiger partial charge in [-0.1, -0.05) is 34.6 Å². The Kier molecular flexibility index (Phi) is 21.2. The first-order valence-electron chi connectivity index (χ1n) is 8.47. The van der Waals surface area contributed by atoms with Gasteiger partial charge in [-0.25, -0.2) is 0 Å². The number of nitrogens with zero attached hydrogens (tertiary/aromatic N) is 1. The van der Waals surface area contributed by atoms with Crippen LogP contribution in [0.1, 0.15) is 48.5 Å². The molecule has 1 rings (SSSR count). The molecule has 0 atom stereocenters. The summed E-state index contributed by atoms with van der Waals surface area (Å²) in [6.07, 6.45) is 0. The topological polar surface area (TPSA) is 63.9 Å². The van der Waals surface area contributed by atoms with E-state index in [1.54, 1.807) is 13.8 Å². The zero-order valence-electron chi connectivity index (χ0n) is 17.8. The first-order valence-corrected chi connectivity index (χ1v) is 8.47. The average Bonchev–Trinajstić information content (AvgIpc) is 2.58. The normalized spacial score (nSPS) is 28.6. The van der Waals surface area contributed by atoms with Crippen molar-refractivity contribution in [3.05, 3.63) is 7.43 Å². The zero-order valence-corrected chi connectivity index (χ0v) is 19.4. The van der Waals surface area contributed by atoms with Crippen LogP contribution in [0.25, 0.3) is 0 Å². The average molecular weight is 382 g/mol. The van der Waals surface area contributed by atoms with Gasteiger partial charge in [0.05, 0.1) is 12.2 Å². The molecule has 0 saturated heterocycles. The summed E-state index contributed by atoms with van der Waals surface area (Å²) in [5.74, 6) is 4.68. The Morgan fingerprint density at radius 2 is 1.08 bits per heavy atom. The van der Waals surface area contributed by atoms with Crippen molar-refractivity contribution < 1.29 is 37.0 Å². The summed E-state index contributed by atoms with van der Waals surface area (Å²) < 4.78 is 0. The molecule has 4 nitrogen and oxygen atoms in total. The van der Waals surface area contributed by atoms with Crippen molar-refractivity contribution in [1.82, 2.24) is 4.90 Å². The minimum absolute atomic E-state index is 0. The molecular formula is C19H44NO3Ti-. The van der Waals surface area contributed by atoms with Gasteiger partial charge in [0, 0.05) is 41.9 Å². The second kappa shape index (κ2) is 15.8. The van der Waals surface area contributed by atoms with Gasteiger partial charge < -0.3 is 27.6 Å². The van der Waals surface area contributed by atoms with Crippen LogP contribution < -0.4 is 0 Å². The molecule has 0 spiro atoms. The van der Waals surface area contributed by atoms with Crippen molar-refractivity contribution in [3.8, 4) is 0 Å². The van der Waals surface area contributed by atoms with Gasteiger partial charge >= 0.3 is 0 Å². The molecule has 0 unspecified atom stereocenters. The Balaban J connectivity index is -0.000000140. The van der Waals surface area contributed by atoms with Gasteiger partial charge in [0.25, 0.3) is 0 Å². The molecule has 1 aliphatic rings. The smallest absolute Gasteiger partial charge is 0.0718 e. The van der Waals surface area contributed by atoms with Crippen molar-refractivity contribution in [2.75, 3.05) is 33.9 Å². The fourth-order valence-electron chi connectivity index (χ4n) is 3.30. The SMILES string of the molecule is CC1C(C)C(C)C(C)C1C.CN(CCO)CC(C)(C)O.CO.[CH3-].[Ti]. The van der Waals surface area contributed by atoms with Crippen LogP contribution >= 0.6 is 0 Å². The summed E-state index contributed by atoms with van der Waals surface area (Å²) in [5.41, 5.74) is -0.663. The van der Waals surface area contributed by atoms with Crippen molar-refractivity contribution in [1.29, 1.82) is 0 Å². The van der Waals surface area contributed by atoms with Crippen LogP contribution in [0.3, 0.4) is 0 Å². The van der Waals surface area contributed by atoms with E-state index in [-0.39, 0.29) is 35.8 Å². The molecule has 0 aliphatic heterocycles. The van der Waals surface area contributed by atoms with E-state index in [0.29, 0.717) is 13.1 Å². The molecule has 0 aromatic carbocycles. The second-order valence-electron chi connectivity index (χ2n) is 7.57. The minimum Gasteiger partial charge on any atom is -0.400 e. The van der Waals surface area contributed by atoms with Gasteiger partial charge in [0.2, 0.25) is 0 Å². The fraction of sp³-hybridized carbons (Fsp3) is 0.947. The van der Waals surface area contributed by atoms with Crippen LogP contribution in [0, 0.1) is 37.0 Å². The number of hydrogen-bond donors (Lipinski definition) is 3. The Morgan fingerprint density at radius 3 is 1.25 bits per heavy atom. The predicted octanol–water partition coefficient (Wildman–Crippen LogP) is 2.92. The summed E-state index contributed by atoms with van der Waals surface area (Å²) in [6, 6.07) is 0. The van der Waals surface area contributed by atoms with Crippen molar-refractivity contribution >= 4 is 0 Å². The molecule has 0 aromatic heterocycles. The third-order valence-electron chi connectivity index (χ3n) is 5.29. The first-order chi connectivity index (χ1) is 10.0. The molecule has 0 heterocycles. The van der Waals surface area contributed by atoms with E-state index in [9.17, 15) is 5.11 Å². The molecular weight excluding hydrogens is 338 g/mol. The summed E-state index contributed by atoms with van der Waals surface area (Å²) in [5, 5.41) is 24.8. The fourth-order valence-corrected chi connectivity index (χ4v) is 3.30. The van der Waals surface area contributed by atoms with Crippen LogP contribution in [-0.4, -0.2) is 59.7 Å². The number of aliphatic hydroxyl groups is 3. The van der Waals surface area contributed by atoms with E-state index in [1.807, 2.05) is 11.9 Å². The predicted molar refractivity (Wildman–Crippen MR) is 101 cm³/mol. The van der Waals surface area contributed by atoms with Crippen molar-refractivity contribution in [3.63, 3.8) is 0 Å². The monoisotopic (exact) mass is 382 g/mol. The molecule has 148 valence electrons. The van der Waals surface area contributed by atoms with Gasteiger partial charge in [-0.3, -0.25) is 0 Å². The maximum Gasteiger partial charge on any atom is 0.0718 e. The zero-order chi connectivity index (χ0) is 18.1. The Bertz CT molecular complexity index is 227. The summed E-state index contributed by atoms with van der Waals surface area (Å²) in [6.45, 7) is 16.8. The summed E-state index contributed by atoms with van der Waals surface area (Å²) >= 11 is 0. The van der Waals surface area contributed by atoms with Crippen LogP contribution in [-0.2, 0) is 21.7 Å². The van der Waals surface area contributed by atoms with Crippen LogP contribution in [0.4, 0.5) is 0 Å². The third-order valence-corrected chi connectivity index (χ3v) is 5.29. The van der Waals surface area contributed by atoms with Crippen LogP contribution in [0.15, 0.2) is 0 Å². The number of rotatable bonds is 4. The summed E-state index contributed by atoms with van der Waals surface area (Å²) in [4.78, 5) is 1.89. The van der Waals surface area contributed by atoms with Gasteiger partial charge in [-0.05, 0) is 50.5 Å². The molecule has 1 saturated carbocycles. The second-order valence-corrected chi connectivity index (χ2v) is 7.57. The number of aliphatic hydroxyl groups excluding tert-OH is 2. The van der Waals surface area contributed by atoms with Gasteiger partial charge in [-0.2, -0.15) is 0 Å². The van der Waals surface area contributed by atoms with E-state index in [4.69, 9.17) is 10.2 Å². The van der Waals surface area contributed by atoms with Crippen molar-refractivity contribution in [2.45, 2.75) is 54.1 Å². The van der Waals surface area contributed by atoms with Gasteiger partial charge in [0.1, 0.15) is 0 Å². The third kappa shape index (κ3) is 12.9.